The van der Waals surface area contributed by atoms with Crippen molar-refractivity contribution in [2.75, 3.05) is 31.9 Å². The molecule has 4 heteroatoms. The Morgan fingerprint density at radius 3 is 2.70 bits per heavy atom. The maximum Gasteiger partial charge on any atom is 0.251 e. The summed E-state index contributed by atoms with van der Waals surface area (Å²) < 4.78 is 0. The van der Waals surface area contributed by atoms with Crippen molar-refractivity contribution in [2.24, 2.45) is 5.92 Å². The molecule has 110 valence electrons. The van der Waals surface area contributed by atoms with E-state index < -0.39 is 0 Å². The number of anilines is 1. The highest BCUT2D eigenvalue weighted by Gasteiger charge is 2.19. The summed E-state index contributed by atoms with van der Waals surface area (Å²) in [6, 6.07) is 5.43. The number of likely N-dealkylation sites (tertiary alicyclic amines) is 1. The maximum absolute atomic E-state index is 12.2. The van der Waals surface area contributed by atoms with E-state index in [9.17, 15) is 4.79 Å². The van der Waals surface area contributed by atoms with Gasteiger partial charge in [0.05, 0.1) is 0 Å². The molecule has 0 radical (unpaired) electrons. The van der Waals surface area contributed by atoms with E-state index in [0.717, 1.165) is 37.3 Å². The molecule has 0 unspecified atom stereocenters. The number of nitrogen functional groups attached to an aromatic ring is 1. The van der Waals surface area contributed by atoms with E-state index >= 15 is 0 Å². The minimum atomic E-state index is 0.0143. The molecule has 0 saturated carbocycles. The van der Waals surface area contributed by atoms with Crippen molar-refractivity contribution in [2.45, 2.75) is 26.7 Å². The topological polar surface area (TPSA) is 58.4 Å². The van der Waals surface area contributed by atoms with Gasteiger partial charge in [0.15, 0.2) is 0 Å². The minimum absolute atomic E-state index is 0.0143. The molecule has 1 aliphatic heterocycles. The number of piperidine rings is 1. The summed E-state index contributed by atoms with van der Waals surface area (Å²) in [6.45, 7) is 8.33. The molecular formula is C16H25N3O. The van der Waals surface area contributed by atoms with E-state index in [4.69, 9.17) is 5.73 Å². The molecule has 20 heavy (non-hydrogen) atoms. The lowest BCUT2D eigenvalue weighted by atomic mass is 9.96. The molecule has 1 fully saturated rings. The first-order valence-corrected chi connectivity index (χ1v) is 7.46. The molecule has 0 aliphatic carbocycles. The second kappa shape index (κ2) is 6.75. The quantitative estimate of drug-likeness (QED) is 0.827. The summed E-state index contributed by atoms with van der Waals surface area (Å²) in [5, 5.41) is 3.06. The Balaban J connectivity index is 1.83. The second-order valence-corrected chi connectivity index (χ2v) is 5.66. The van der Waals surface area contributed by atoms with Crippen molar-refractivity contribution in [1.82, 2.24) is 10.2 Å². The molecule has 0 spiro atoms. The average molecular weight is 275 g/mol. The van der Waals surface area contributed by atoms with Crippen molar-refractivity contribution in [1.29, 1.82) is 0 Å². The largest absolute Gasteiger partial charge is 0.399 e. The molecule has 1 aliphatic rings. The zero-order valence-corrected chi connectivity index (χ0v) is 12.5. The SMILES string of the molecule is CCN1CCC(CNC(=O)c2ccc(N)cc2C)CC1. The smallest absolute Gasteiger partial charge is 0.251 e. The summed E-state index contributed by atoms with van der Waals surface area (Å²) in [5.74, 6) is 0.622. The number of rotatable bonds is 4. The van der Waals surface area contributed by atoms with E-state index in [1.165, 1.54) is 12.8 Å². The molecule has 0 bridgehead atoms. The van der Waals surface area contributed by atoms with Crippen molar-refractivity contribution >= 4 is 11.6 Å². The van der Waals surface area contributed by atoms with E-state index in [-0.39, 0.29) is 5.91 Å². The minimum Gasteiger partial charge on any atom is -0.399 e. The molecule has 1 saturated heterocycles. The van der Waals surface area contributed by atoms with Crippen LogP contribution in [0.4, 0.5) is 5.69 Å². The van der Waals surface area contributed by atoms with Crippen LogP contribution in [0.25, 0.3) is 0 Å². The Bertz CT molecular complexity index is 465. The molecular weight excluding hydrogens is 250 g/mol. The van der Waals surface area contributed by atoms with Gasteiger partial charge < -0.3 is 16.0 Å². The monoisotopic (exact) mass is 275 g/mol. The molecule has 2 rings (SSSR count). The number of carbonyl (C=O) groups excluding carboxylic acids is 1. The van der Waals surface area contributed by atoms with E-state index in [2.05, 4.69) is 17.1 Å². The highest BCUT2D eigenvalue weighted by Crippen LogP contribution is 2.17. The van der Waals surface area contributed by atoms with E-state index in [0.29, 0.717) is 11.6 Å². The Morgan fingerprint density at radius 2 is 2.10 bits per heavy atom. The predicted molar refractivity (Wildman–Crippen MR) is 82.8 cm³/mol. The van der Waals surface area contributed by atoms with Crippen LogP contribution in [-0.2, 0) is 0 Å². The van der Waals surface area contributed by atoms with Gasteiger partial charge in [0.25, 0.3) is 5.91 Å². The third-order valence-electron chi connectivity index (χ3n) is 4.20. The molecule has 1 aromatic carbocycles. The molecule has 3 N–H and O–H groups in total. The summed E-state index contributed by atoms with van der Waals surface area (Å²) in [6.07, 6.45) is 2.35. The zero-order chi connectivity index (χ0) is 14.5. The van der Waals surface area contributed by atoms with Gasteiger partial charge in [-0.05, 0) is 69.1 Å². The number of nitrogens with zero attached hydrogens (tertiary/aromatic N) is 1. The molecule has 1 aromatic rings. The number of nitrogens with two attached hydrogens (primary N) is 1. The van der Waals surface area contributed by atoms with Gasteiger partial charge in [-0.25, -0.2) is 0 Å². The van der Waals surface area contributed by atoms with Gasteiger partial charge >= 0.3 is 0 Å². The first-order valence-electron chi connectivity index (χ1n) is 7.46. The number of amides is 1. The normalized spacial score (nSPS) is 17.1. The first kappa shape index (κ1) is 14.9. The number of aryl methyl sites for hydroxylation is 1. The number of hydrogen-bond acceptors (Lipinski definition) is 3. The lowest BCUT2D eigenvalue weighted by molar-refractivity contribution is 0.0936. The fourth-order valence-corrected chi connectivity index (χ4v) is 2.78. The fourth-order valence-electron chi connectivity index (χ4n) is 2.78. The van der Waals surface area contributed by atoms with E-state index in [1.54, 1.807) is 12.1 Å². The van der Waals surface area contributed by atoms with Crippen LogP contribution in [0, 0.1) is 12.8 Å². The molecule has 0 atom stereocenters. The molecule has 4 nitrogen and oxygen atoms in total. The van der Waals surface area contributed by atoms with Crippen molar-refractivity contribution in [3.05, 3.63) is 29.3 Å². The third kappa shape index (κ3) is 3.73. The van der Waals surface area contributed by atoms with Crippen LogP contribution in [0.15, 0.2) is 18.2 Å². The van der Waals surface area contributed by atoms with Gasteiger partial charge in [0.1, 0.15) is 0 Å². The Hall–Kier alpha value is -1.55. The average Bonchev–Trinajstić information content (AvgIpc) is 2.45. The van der Waals surface area contributed by atoms with Crippen LogP contribution in [-0.4, -0.2) is 37.0 Å². The Morgan fingerprint density at radius 1 is 1.40 bits per heavy atom. The number of nitrogens with one attached hydrogen (secondary N) is 1. The van der Waals surface area contributed by atoms with Crippen LogP contribution >= 0.6 is 0 Å². The van der Waals surface area contributed by atoms with Gasteiger partial charge in [0.2, 0.25) is 0 Å². The second-order valence-electron chi connectivity index (χ2n) is 5.66. The highest BCUT2D eigenvalue weighted by molar-refractivity contribution is 5.96. The fraction of sp³-hybridized carbons (Fsp3) is 0.562. The van der Waals surface area contributed by atoms with Crippen LogP contribution in [0.2, 0.25) is 0 Å². The third-order valence-corrected chi connectivity index (χ3v) is 4.20. The predicted octanol–water partition coefficient (Wildman–Crippen LogP) is 2.04. The Labute approximate surface area is 121 Å². The van der Waals surface area contributed by atoms with Crippen LogP contribution in [0.3, 0.4) is 0 Å². The molecule has 0 aromatic heterocycles. The van der Waals surface area contributed by atoms with Gasteiger partial charge in [-0.1, -0.05) is 6.92 Å². The van der Waals surface area contributed by atoms with Gasteiger partial charge in [-0.2, -0.15) is 0 Å². The lowest BCUT2D eigenvalue weighted by Crippen LogP contribution is -2.38. The van der Waals surface area contributed by atoms with E-state index in [1.807, 2.05) is 13.0 Å². The van der Waals surface area contributed by atoms with Gasteiger partial charge in [-0.15, -0.1) is 0 Å². The Kier molecular flexibility index (Phi) is 5.01. The summed E-state index contributed by atoms with van der Waals surface area (Å²) in [7, 11) is 0. The van der Waals surface area contributed by atoms with Crippen LogP contribution < -0.4 is 11.1 Å². The van der Waals surface area contributed by atoms with Crippen molar-refractivity contribution in [3.63, 3.8) is 0 Å². The van der Waals surface area contributed by atoms with Gasteiger partial charge in [-0.3, -0.25) is 4.79 Å². The summed E-state index contributed by atoms with van der Waals surface area (Å²) in [4.78, 5) is 14.6. The summed E-state index contributed by atoms with van der Waals surface area (Å²) in [5.41, 5.74) is 8.07. The van der Waals surface area contributed by atoms with Crippen molar-refractivity contribution in [3.8, 4) is 0 Å². The van der Waals surface area contributed by atoms with Crippen molar-refractivity contribution < 1.29 is 4.79 Å². The number of benzene rings is 1. The first-order chi connectivity index (χ1) is 9.60. The summed E-state index contributed by atoms with van der Waals surface area (Å²) >= 11 is 0. The van der Waals surface area contributed by atoms with Crippen LogP contribution in [0.5, 0.6) is 0 Å². The lowest BCUT2D eigenvalue weighted by Gasteiger charge is -2.31. The molecule has 1 amide bonds. The number of hydrogen-bond donors (Lipinski definition) is 2. The molecule has 1 heterocycles. The van der Waals surface area contributed by atoms with Gasteiger partial charge in [0, 0.05) is 17.8 Å². The maximum atomic E-state index is 12.2. The zero-order valence-electron chi connectivity index (χ0n) is 12.5. The van der Waals surface area contributed by atoms with Crippen LogP contribution in [0.1, 0.15) is 35.7 Å². The number of carbonyl (C=O) groups is 1. The standard InChI is InChI=1S/C16H25N3O/c1-3-19-8-6-13(7-9-19)11-18-16(20)15-5-4-14(17)10-12(15)2/h4-5,10,13H,3,6-9,11,17H2,1-2H3,(H,18,20). The highest BCUT2D eigenvalue weighted by atomic mass is 16.1.